The third-order valence-corrected chi connectivity index (χ3v) is 3.35. The van der Waals surface area contributed by atoms with Crippen molar-refractivity contribution in [2.75, 3.05) is 26.2 Å². The summed E-state index contributed by atoms with van der Waals surface area (Å²) in [5.74, 6) is 0. The second kappa shape index (κ2) is 6.69. The van der Waals surface area contributed by atoms with E-state index in [0.717, 1.165) is 32.7 Å². The first-order valence-corrected chi connectivity index (χ1v) is 7.09. The Morgan fingerprint density at radius 3 is 2.67 bits per heavy atom. The average Bonchev–Trinajstić information content (AvgIpc) is 2.26. The van der Waals surface area contributed by atoms with Crippen molar-refractivity contribution < 1.29 is 4.74 Å². The lowest BCUT2D eigenvalue weighted by molar-refractivity contribution is -0.0522. The summed E-state index contributed by atoms with van der Waals surface area (Å²) in [7, 11) is 0. The van der Waals surface area contributed by atoms with Crippen molar-refractivity contribution in [3.8, 4) is 0 Å². The summed E-state index contributed by atoms with van der Waals surface area (Å²) in [6.07, 6.45) is 1.49. The van der Waals surface area contributed by atoms with Crippen LogP contribution in [0.25, 0.3) is 0 Å². The molecule has 0 aromatic heterocycles. The highest BCUT2D eigenvalue weighted by Gasteiger charge is 2.25. The zero-order valence-corrected chi connectivity index (χ0v) is 12.8. The van der Waals surface area contributed by atoms with Crippen LogP contribution < -0.4 is 5.32 Å². The van der Waals surface area contributed by atoms with E-state index in [1.165, 1.54) is 5.57 Å². The fourth-order valence-electron chi connectivity index (χ4n) is 2.22. The minimum Gasteiger partial charge on any atom is -0.376 e. The first kappa shape index (κ1) is 15.7. The summed E-state index contributed by atoms with van der Waals surface area (Å²) < 4.78 is 5.72. The maximum atomic E-state index is 5.72. The Balaban J connectivity index is 2.41. The van der Waals surface area contributed by atoms with Gasteiger partial charge in [-0.25, -0.2) is 0 Å². The van der Waals surface area contributed by atoms with Crippen LogP contribution in [0.1, 0.15) is 41.0 Å². The molecule has 3 heteroatoms. The molecule has 0 aliphatic carbocycles. The Labute approximate surface area is 113 Å². The Hall–Kier alpha value is -0.380. The molecule has 1 heterocycles. The van der Waals surface area contributed by atoms with Gasteiger partial charge in [0.15, 0.2) is 0 Å². The van der Waals surface area contributed by atoms with Gasteiger partial charge in [0.1, 0.15) is 0 Å². The number of ether oxygens (including phenoxy) is 1. The van der Waals surface area contributed by atoms with Gasteiger partial charge in [-0.05, 0) is 39.7 Å². The molecule has 0 radical (unpaired) electrons. The van der Waals surface area contributed by atoms with Crippen LogP contribution in [0.5, 0.6) is 0 Å². The van der Waals surface area contributed by atoms with Crippen molar-refractivity contribution in [1.29, 1.82) is 0 Å². The van der Waals surface area contributed by atoms with Crippen molar-refractivity contribution >= 4 is 0 Å². The Morgan fingerprint density at radius 1 is 1.44 bits per heavy atom. The quantitative estimate of drug-likeness (QED) is 0.763. The summed E-state index contributed by atoms with van der Waals surface area (Å²) in [5, 5.41) is 3.50. The molecule has 106 valence electrons. The van der Waals surface area contributed by atoms with Gasteiger partial charge in [-0.15, -0.1) is 0 Å². The van der Waals surface area contributed by atoms with E-state index in [0.29, 0.717) is 12.1 Å². The second-order valence-corrected chi connectivity index (χ2v) is 6.49. The highest BCUT2D eigenvalue weighted by Crippen LogP contribution is 2.15. The van der Waals surface area contributed by atoms with Crippen LogP contribution in [0.15, 0.2) is 12.2 Å². The highest BCUT2D eigenvalue weighted by molar-refractivity contribution is 5.02. The van der Waals surface area contributed by atoms with Gasteiger partial charge in [0.2, 0.25) is 0 Å². The van der Waals surface area contributed by atoms with Crippen molar-refractivity contribution in [3.05, 3.63) is 12.2 Å². The Morgan fingerprint density at radius 2 is 2.11 bits per heavy atom. The van der Waals surface area contributed by atoms with Gasteiger partial charge in [-0.2, -0.15) is 0 Å². The Kier molecular flexibility index (Phi) is 5.83. The normalized spacial score (nSPS) is 26.3. The van der Waals surface area contributed by atoms with Gasteiger partial charge in [-0.1, -0.05) is 13.5 Å². The summed E-state index contributed by atoms with van der Waals surface area (Å²) in [4.78, 5) is 2.51. The number of nitrogens with one attached hydrogen (secondary N) is 1. The van der Waals surface area contributed by atoms with E-state index in [2.05, 4.69) is 51.4 Å². The number of morpholine rings is 1. The lowest BCUT2D eigenvalue weighted by atomic mass is 10.1. The standard InChI is InChI=1S/C15H30N2O/c1-7-14-11-18-13(3)10-17(14)9-12(2)8-16-15(4,5)6/h13-14,16H,2,7-11H2,1,3-6H3. The van der Waals surface area contributed by atoms with E-state index in [1.54, 1.807) is 0 Å². The van der Waals surface area contributed by atoms with Gasteiger partial charge < -0.3 is 10.1 Å². The van der Waals surface area contributed by atoms with Crippen molar-refractivity contribution in [2.45, 2.75) is 58.7 Å². The van der Waals surface area contributed by atoms with Gasteiger partial charge in [0, 0.05) is 31.2 Å². The fourth-order valence-corrected chi connectivity index (χ4v) is 2.22. The smallest absolute Gasteiger partial charge is 0.0674 e. The molecule has 3 nitrogen and oxygen atoms in total. The molecule has 1 fully saturated rings. The molecule has 1 saturated heterocycles. The number of hydrogen-bond donors (Lipinski definition) is 1. The minimum absolute atomic E-state index is 0.158. The fraction of sp³-hybridized carbons (Fsp3) is 0.867. The lowest BCUT2D eigenvalue weighted by Crippen LogP contribution is -2.49. The lowest BCUT2D eigenvalue weighted by Gasteiger charge is -2.39. The zero-order chi connectivity index (χ0) is 13.8. The number of hydrogen-bond acceptors (Lipinski definition) is 3. The molecule has 0 aromatic carbocycles. The Bertz CT molecular complexity index is 270. The zero-order valence-electron chi connectivity index (χ0n) is 12.8. The minimum atomic E-state index is 0.158. The molecule has 2 atom stereocenters. The SMILES string of the molecule is C=C(CNC(C)(C)C)CN1CC(C)OCC1CC. The number of nitrogens with zero attached hydrogens (tertiary/aromatic N) is 1. The summed E-state index contributed by atoms with van der Waals surface area (Å²) >= 11 is 0. The van der Waals surface area contributed by atoms with Crippen molar-refractivity contribution in [1.82, 2.24) is 10.2 Å². The van der Waals surface area contributed by atoms with E-state index in [-0.39, 0.29) is 5.54 Å². The maximum Gasteiger partial charge on any atom is 0.0674 e. The highest BCUT2D eigenvalue weighted by atomic mass is 16.5. The van der Waals surface area contributed by atoms with Gasteiger partial charge >= 0.3 is 0 Å². The summed E-state index contributed by atoms with van der Waals surface area (Å²) in [5.41, 5.74) is 1.42. The molecule has 0 aromatic rings. The molecule has 1 rings (SSSR count). The monoisotopic (exact) mass is 254 g/mol. The van der Waals surface area contributed by atoms with Crippen LogP contribution in [0.4, 0.5) is 0 Å². The molecule has 1 N–H and O–H groups in total. The molecule has 0 amide bonds. The number of rotatable bonds is 5. The van der Waals surface area contributed by atoms with Crippen LogP contribution >= 0.6 is 0 Å². The van der Waals surface area contributed by atoms with Gasteiger partial charge in [0.25, 0.3) is 0 Å². The van der Waals surface area contributed by atoms with Gasteiger partial charge in [0.05, 0.1) is 12.7 Å². The van der Waals surface area contributed by atoms with Crippen molar-refractivity contribution in [3.63, 3.8) is 0 Å². The van der Waals surface area contributed by atoms with Crippen LogP contribution in [-0.4, -0.2) is 48.8 Å². The van der Waals surface area contributed by atoms with Crippen LogP contribution in [0, 0.1) is 0 Å². The predicted octanol–water partition coefficient (Wildman–Crippen LogP) is 2.43. The molecule has 18 heavy (non-hydrogen) atoms. The van der Waals surface area contributed by atoms with E-state index in [9.17, 15) is 0 Å². The molecule has 0 spiro atoms. The third-order valence-electron chi connectivity index (χ3n) is 3.35. The van der Waals surface area contributed by atoms with Crippen LogP contribution in [0.3, 0.4) is 0 Å². The third kappa shape index (κ3) is 5.51. The topological polar surface area (TPSA) is 24.5 Å². The largest absolute Gasteiger partial charge is 0.376 e. The van der Waals surface area contributed by atoms with Gasteiger partial charge in [-0.3, -0.25) is 4.90 Å². The van der Waals surface area contributed by atoms with E-state index in [4.69, 9.17) is 4.74 Å². The predicted molar refractivity (Wildman–Crippen MR) is 78.0 cm³/mol. The molecule has 1 aliphatic heterocycles. The second-order valence-electron chi connectivity index (χ2n) is 6.49. The summed E-state index contributed by atoms with van der Waals surface area (Å²) in [6, 6.07) is 0.549. The molecule has 1 aliphatic rings. The average molecular weight is 254 g/mol. The van der Waals surface area contributed by atoms with E-state index in [1.807, 2.05) is 0 Å². The molecule has 0 bridgehead atoms. The maximum absolute atomic E-state index is 5.72. The molecular weight excluding hydrogens is 224 g/mol. The van der Waals surface area contributed by atoms with E-state index >= 15 is 0 Å². The van der Waals surface area contributed by atoms with Crippen molar-refractivity contribution in [2.24, 2.45) is 0 Å². The van der Waals surface area contributed by atoms with Crippen LogP contribution in [-0.2, 0) is 4.74 Å². The van der Waals surface area contributed by atoms with Crippen LogP contribution in [0.2, 0.25) is 0 Å². The molecular formula is C15H30N2O. The first-order chi connectivity index (χ1) is 8.31. The van der Waals surface area contributed by atoms with E-state index < -0.39 is 0 Å². The first-order valence-electron chi connectivity index (χ1n) is 7.09. The molecule has 2 unspecified atom stereocenters. The molecule has 0 saturated carbocycles. The summed E-state index contributed by atoms with van der Waals surface area (Å²) in [6.45, 7) is 18.9.